The number of amides is 1. The Morgan fingerprint density at radius 1 is 1.17 bits per heavy atom. The minimum Gasteiger partial charge on any atom is -0.481 e. The van der Waals surface area contributed by atoms with E-state index in [-0.39, 0.29) is 18.4 Å². The van der Waals surface area contributed by atoms with E-state index in [9.17, 15) is 9.59 Å². The highest BCUT2D eigenvalue weighted by Gasteiger charge is 2.19. The van der Waals surface area contributed by atoms with Crippen molar-refractivity contribution < 1.29 is 14.7 Å². The van der Waals surface area contributed by atoms with Crippen LogP contribution in [0.5, 0.6) is 0 Å². The van der Waals surface area contributed by atoms with Crippen molar-refractivity contribution in [3.63, 3.8) is 0 Å². The maximum absolute atomic E-state index is 12.4. The van der Waals surface area contributed by atoms with Crippen LogP contribution in [0.3, 0.4) is 0 Å². The molecule has 0 saturated heterocycles. The fraction of sp³-hybridized carbons (Fsp3) is 0.316. The van der Waals surface area contributed by atoms with Gasteiger partial charge in [0.25, 0.3) is 5.91 Å². The molecule has 0 aliphatic heterocycles. The van der Waals surface area contributed by atoms with Gasteiger partial charge < -0.3 is 10.4 Å². The molecule has 1 saturated carbocycles. The Labute approximate surface area is 140 Å². The largest absolute Gasteiger partial charge is 0.481 e. The second-order valence-corrected chi connectivity index (χ2v) is 6.10. The van der Waals surface area contributed by atoms with E-state index >= 15 is 0 Å². The summed E-state index contributed by atoms with van der Waals surface area (Å²) in [6.45, 7) is 0. The second-order valence-electron chi connectivity index (χ2n) is 6.10. The third-order valence-corrected chi connectivity index (χ3v) is 4.36. The highest BCUT2D eigenvalue weighted by atomic mass is 16.4. The summed E-state index contributed by atoms with van der Waals surface area (Å²) in [5.41, 5.74) is 2.42. The van der Waals surface area contributed by atoms with Crippen LogP contribution in [0.15, 0.2) is 48.0 Å². The van der Waals surface area contributed by atoms with Crippen LogP contribution in [0.4, 0.5) is 0 Å². The van der Waals surface area contributed by atoms with Crippen molar-refractivity contribution in [2.24, 2.45) is 0 Å². The molecule has 1 aromatic heterocycles. The number of carbonyl (C=O) groups is 2. The number of pyridine rings is 1. The standard InChI is InChI=1S/C19H20N2O3/c22-18(23)12-7-13-5-9-15(10-6-13)20-19(24)17-11-8-14-3-1-2-4-16(14)21-17/h1-4,7-8,11,15H,5-6,9-10,12H2,(H,20,24)(H,22,23). The Hall–Kier alpha value is -2.69. The summed E-state index contributed by atoms with van der Waals surface area (Å²) in [5, 5.41) is 12.8. The van der Waals surface area contributed by atoms with E-state index in [1.54, 1.807) is 12.1 Å². The van der Waals surface area contributed by atoms with Crippen LogP contribution in [0.2, 0.25) is 0 Å². The summed E-state index contributed by atoms with van der Waals surface area (Å²) in [6, 6.07) is 11.5. The van der Waals surface area contributed by atoms with Crippen LogP contribution >= 0.6 is 0 Å². The van der Waals surface area contributed by atoms with Gasteiger partial charge in [-0.25, -0.2) is 4.98 Å². The number of carboxylic acids is 1. The first-order valence-electron chi connectivity index (χ1n) is 8.18. The zero-order valence-electron chi connectivity index (χ0n) is 13.4. The van der Waals surface area contributed by atoms with E-state index in [2.05, 4.69) is 10.3 Å². The summed E-state index contributed by atoms with van der Waals surface area (Å²) in [5.74, 6) is -0.955. The molecule has 3 rings (SSSR count). The Balaban J connectivity index is 1.59. The molecule has 1 aromatic carbocycles. The predicted octanol–water partition coefficient (Wildman–Crippen LogP) is 3.31. The predicted molar refractivity (Wildman–Crippen MR) is 91.8 cm³/mol. The van der Waals surface area contributed by atoms with Gasteiger partial charge in [-0.1, -0.05) is 35.9 Å². The van der Waals surface area contributed by atoms with Crippen LogP contribution in [0.1, 0.15) is 42.6 Å². The zero-order chi connectivity index (χ0) is 16.9. The Kier molecular flexibility index (Phi) is 4.89. The number of nitrogens with zero attached hydrogens (tertiary/aromatic N) is 1. The number of hydrogen-bond donors (Lipinski definition) is 2. The number of fused-ring (bicyclic) bond motifs is 1. The van der Waals surface area contributed by atoms with Crippen molar-refractivity contribution >= 4 is 22.8 Å². The topological polar surface area (TPSA) is 79.3 Å². The molecule has 2 aromatic rings. The average Bonchev–Trinajstić information content (AvgIpc) is 2.60. The number of carboxylic acid groups (broad SMARTS) is 1. The molecule has 5 nitrogen and oxygen atoms in total. The minimum atomic E-state index is -0.805. The summed E-state index contributed by atoms with van der Waals surface area (Å²) >= 11 is 0. The summed E-state index contributed by atoms with van der Waals surface area (Å²) in [6.07, 6.45) is 5.22. The van der Waals surface area contributed by atoms with Crippen molar-refractivity contribution in [2.45, 2.75) is 38.1 Å². The molecule has 1 heterocycles. The molecule has 2 N–H and O–H groups in total. The van der Waals surface area contributed by atoms with Gasteiger partial charge in [0.1, 0.15) is 5.69 Å². The molecule has 24 heavy (non-hydrogen) atoms. The fourth-order valence-corrected chi connectivity index (χ4v) is 3.02. The van der Waals surface area contributed by atoms with E-state index in [1.807, 2.05) is 30.3 Å². The molecular formula is C19H20N2O3. The lowest BCUT2D eigenvalue weighted by Gasteiger charge is -2.24. The smallest absolute Gasteiger partial charge is 0.307 e. The quantitative estimate of drug-likeness (QED) is 0.846. The first kappa shape index (κ1) is 16.2. The minimum absolute atomic E-state index is 0.0768. The number of carbonyl (C=O) groups excluding carboxylic acids is 1. The van der Waals surface area contributed by atoms with E-state index < -0.39 is 5.97 Å². The Morgan fingerprint density at radius 3 is 2.67 bits per heavy atom. The highest BCUT2D eigenvalue weighted by molar-refractivity contribution is 5.95. The molecule has 1 fully saturated rings. The maximum Gasteiger partial charge on any atom is 0.307 e. The van der Waals surface area contributed by atoms with Crippen molar-refractivity contribution in [1.29, 1.82) is 0 Å². The van der Waals surface area contributed by atoms with Gasteiger partial charge in [-0.3, -0.25) is 9.59 Å². The molecule has 1 amide bonds. The van der Waals surface area contributed by atoms with E-state index in [1.165, 1.54) is 5.57 Å². The Morgan fingerprint density at radius 2 is 1.92 bits per heavy atom. The monoisotopic (exact) mass is 324 g/mol. The SMILES string of the molecule is O=C(O)CC=C1CCC(NC(=O)c2ccc3ccccc3n2)CC1. The molecular weight excluding hydrogens is 304 g/mol. The summed E-state index contributed by atoms with van der Waals surface area (Å²) in [7, 11) is 0. The first-order chi connectivity index (χ1) is 11.6. The van der Waals surface area contributed by atoms with Gasteiger partial charge in [0.2, 0.25) is 0 Å². The molecule has 0 spiro atoms. The van der Waals surface area contributed by atoms with Crippen LogP contribution < -0.4 is 5.32 Å². The van der Waals surface area contributed by atoms with Gasteiger partial charge >= 0.3 is 5.97 Å². The van der Waals surface area contributed by atoms with Crippen molar-refractivity contribution in [3.05, 3.63) is 53.7 Å². The third-order valence-electron chi connectivity index (χ3n) is 4.36. The molecule has 0 atom stereocenters. The first-order valence-corrected chi connectivity index (χ1v) is 8.18. The molecule has 1 aliphatic rings. The third kappa shape index (κ3) is 3.98. The average molecular weight is 324 g/mol. The number of aliphatic carboxylic acids is 1. The zero-order valence-corrected chi connectivity index (χ0v) is 13.4. The number of para-hydroxylation sites is 1. The van der Waals surface area contributed by atoms with Crippen molar-refractivity contribution in [1.82, 2.24) is 10.3 Å². The van der Waals surface area contributed by atoms with Crippen LogP contribution in [-0.2, 0) is 4.79 Å². The molecule has 1 aliphatic carbocycles. The second kappa shape index (κ2) is 7.25. The number of hydrogen-bond acceptors (Lipinski definition) is 3. The number of aromatic nitrogens is 1. The number of allylic oxidation sites excluding steroid dienone is 1. The van der Waals surface area contributed by atoms with E-state index in [0.29, 0.717) is 5.69 Å². The number of nitrogens with one attached hydrogen (secondary N) is 1. The lowest BCUT2D eigenvalue weighted by atomic mass is 9.90. The molecule has 124 valence electrons. The van der Waals surface area contributed by atoms with Gasteiger partial charge in [-0.15, -0.1) is 0 Å². The van der Waals surface area contributed by atoms with E-state index in [4.69, 9.17) is 5.11 Å². The molecule has 5 heteroatoms. The lowest BCUT2D eigenvalue weighted by Crippen LogP contribution is -2.36. The van der Waals surface area contributed by atoms with Gasteiger partial charge in [0, 0.05) is 11.4 Å². The van der Waals surface area contributed by atoms with Gasteiger partial charge in [0.05, 0.1) is 11.9 Å². The fourth-order valence-electron chi connectivity index (χ4n) is 3.02. The van der Waals surface area contributed by atoms with Crippen LogP contribution in [-0.4, -0.2) is 28.0 Å². The van der Waals surface area contributed by atoms with Crippen LogP contribution in [0.25, 0.3) is 10.9 Å². The number of benzene rings is 1. The van der Waals surface area contributed by atoms with Gasteiger partial charge in [-0.2, -0.15) is 0 Å². The molecule has 0 bridgehead atoms. The number of rotatable bonds is 4. The highest BCUT2D eigenvalue weighted by Crippen LogP contribution is 2.24. The normalized spacial score (nSPS) is 17.5. The van der Waals surface area contributed by atoms with Gasteiger partial charge in [0.15, 0.2) is 0 Å². The summed E-state index contributed by atoms with van der Waals surface area (Å²) < 4.78 is 0. The molecule has 0 unspecified atom stereocenters. The van der Waals surface area contributed by atoms with E-state index in [0.717, 1.165) is 36.6 Å². The van der Waals surface area contributed by atoms with Crippen LogP contribution in [0, 0.1) is 0 Å². The Bertz CT molecular complexity index is 788. The summed E-state index contributed by atoms with van der Waals surface area (Å²) in [4.78, 5) is 27.4. The van der Waals surface area contributed by atoms with Gasteiger partial charge in [-0.05, 0) is 37.8 Å². The lowest BCUT2D eigenvalue weighted by molar-refractivity contribution is -0.136. The molecule has 0 radical (unpaired) electrons. The maximum atomic E-state index is 12.4. The van der Waals surface area contributed by atoms with Crippen molar-refractivity contribution in [2.75, 3.05) is 0 Å². The van der Waals surface area contributed by atoms with Crippen molar-refractivity contribution in [3.8, 4) is 0 Å².